The molecule has 0 radical (unpaired) electrons. The summed E-state index contributed by atoms with van der Waals surface area (Å²) in [5.41, 5.74) is 0.100. The summed E-state index contributed by atoms with van der Waals surface area (Å²) in [5.74, 6) is 1.71. The Bertz CT molecular complexity index is 1510. The van der Waals surface area contributed by atoms with E-state index >= 15 is 0 Å². The fourth-order valence-electron chi connectivity index (χ4n) is 6.60. The molecule has 4 aromatic rings. The van der Waals surface area contributed by atoms with Gasteiger partial charge in [0.2, 0.25) is 0 Å². The van der Waals surface area contributed by atoms with Gasteiger partial charge in [-0.2, -0.15) is 13.2 Å². The maximum absolute atomic E-state index is 13.8. The van der Waals surface area contributed by atoms with Gasteiger partial charge in [0, 0.05) is 39.4 Å². The number of ether oxygens (including phenoxy) is 2. The Labute approximate surface area is 230 Å². The molecule has 0 spiro atoms. The minimum absolute atomic E-state index is 0.0492. The highest BCUT2D eigenvalue weighted by Crippen LogP contribution is 2.55. The molecule has 40 heavy (non-hydrogen) atoms. The molecule has 4 fully saturated rings. The molecule has 4 saturated carbocycles. The van der Waals surface area contributed by atoms with Crippen molar-refractivity contribution in [2.75, 3.05) is 6.61 Å². The number of nitrogens with zero attached hydrogens (tertiary/aromatic N) is 2. The van der Waals surface area contributed by atoms with Gasteiger partial charge in [-0.1, -0.05) is 47.6 Å². The molecule has 8 heteroatoms. The van der Waals surface area contributed by atoms with Gasteiger partial charge >= 0.3 is 6.18 Å². The van der Waals surface area contributed by atoms with Crippen LogP contribution in [0.15, 0.2) is 65.4 Å². The van der Waals surface area contributed by atoms with Crippen molar-refractivity contribution in [1.82, 2.24) is 10.1 Å². The standard InChI is InChI=1S/C32H31F3N2O3/c33-32(34,35)26-8-4-3-7-24(26)28-25(29(40-37-28)21-9-10-21)19-39-31-14-11-30(12-15-31,13-16-31)20-38-27-18-36-17-22-5-1-2-6-23(22)27/h1-8,17-18,21H,9-16,19-20H2. The summed E-state index contributed by atoms with van der Waals surface area (Å²) in [7, 11) is 0. The van der Waals surface area contributed by atoms with E-state index in [9.17, 15) is 13.2 Å². The lowest BCUT2D eigenvalue weighted by Gasteiger charge is -2.52. The quantitative estimate of drug-likeness (QED) is 0.221. The van der Waals surface area contributed by atoms with Crippen LogP contribution >= 0.6 is 0 Å². The fraction of sp³-hybridized carbons (Fsp3) is 0.438. The number of hydrogen-bond donors (Lipinski definition) is 0. The highest BCUT2D eigenvalue weighted by molar-refractivity contribution is 5.87. The van der Waals surface area contributed by atoms with Crippen molar-refractivity contribution in [3.63, 3.8) is 0 Å². The van der Waals surface area contributed by atoms with Crippen LogP contribution in [-0.2, 0) is 17.5 Å². The summed E-state index contributed by atoms with van der Waals surface area (Å²) in [6.45, 7) is 0.858. The number of pyridine rings is 1. The zero-order valence-corrected chi connectivity index (χ0v) is 22.2. The smallest absolute Gasteiger partial charge is 0.417 e. The Balaban J connectivity index is 1.06. The number of rotatable bonds is 8. The zero-order chi connectivity index (χ0) is 27.4. The van der Waals surface area contributed by atoms with Crippen molar-refractivity contribution in [2.24, 2.45) is 5.41 Å². The van der Waals surface area contributed by atoms with Crippen molar-refractivity contribution >= 4 is 10.8 Å². The van der Waals surface area contributed by atoms with E-state index < -0.39 is 11.7 Å². The van der Waals surface area contributed by atoms with Crippen LogP contribution in [0, 0.1) is 5.41 Å². The van der Waals surface area contributed by atoms with Gasteiger partial charge < -0.3 is 14.0 Å². The molecule has 0 saturated heterocycles. The van der Waals surface area contributed by atoms with E-state index in [1.807, 2.05) is 24.4 Å². The van der Waals surface area contributed by atoms with E-state index in [1.165, 1.54) is 12.1 Å². The van der Waals surface area contributed by atoms with Crippen LogP contribution in [0.4, 0.5) is 13.2 Å². The topological polar surface area (TPSA) is 57.4 Å². The molecule has 2 aromatic heterocycles. The number of hydrogen-bond acceptors (Lipinski definition) is 5. The molecule has 0 amide bonds. The molecular weight excluding hydrogens is 517 g/mol. The van der Waals surface area contributed by atoms with Gasteiger partial charge in [0.05, 0.1) is 30.6 Å². The molecule has 2 heterocycles. The largest absolute Gasteiger partial charge is 0.491 e. The van der Waals surface area contributed by atoms with Gasteiger partial charge in [-0.05, 0) is 57.4 Å². The lowest BCUT2D eigenvalue weighted by molar-refractivity contribution is -0.150. The summed E-state index contributed by atoms with van der Waals surface area (Å²) >= 11 is 0. The van der Waals surface area contributed by atoms with Crippen molar-refractivity contribution in [2.45, 2.75) is 75.7 Å². The van der Waals surface area contributed by atoms with Crippen LogP contribution in [0.2, 0.25) is 0 Å². The first-order chi connectivity index (χ1) is 19.3. The van der Waals surface area contributed by atoms with Gasteiger partial charge in [-0.15, -0.1) is 0 Å². The van der Waals surface area contributed by atoms with Crippen LogP contribution in [0.25, 0.3) is 22.0 Å². The van der Waals surface area contributed by atoms with Crippen LogP contribution < -0.4 is 4.74 Å². The summed E-state index contributed by atoms with van der Waals surface area (Å²) in [6.07, 6.45) is 6.79. The van der Waals surface area contributed by atoms with Gasteiger partial charge in [0.15, 0.2) is 0 Å². The van der Waals surface area contributed by atoms with Gasteiger partial charge in [0.1, 0.15) is 17.2 Å². The van der Waals surface area contributed by atoms with E-state index in [0.717, 1.165) is 74.0 Å². The van der Waals surface area contributed by atoms with E-state index in [4.69, 9.17) is 14.0 Å². The third-order valence-electron chi connectivity index (χ3n) is 9.28. The van der Waals surface area contributed by atoms with Gasteiger partial charge in [0.25, 0.3) is 0 Å². The van der Waals surface area contributed by atoms with E-state index in [0.29, 0.717) is 17.9 Å². The maximum Gasteiger partial charge on any atom is 0.417 e. The van der Waals surface area contributed by atoms with E-state index in [-0.39, 0.29) is 34.8 Å². The summed E-state index contributed by atoms with van der Waals surface area (Å²) < 4.78 is 60.1. The second-order valence-corrected chi connectivity index (χ2v) is 11.8. The molecule has 0 N–H and O–H groups in total. The Morgan fingerprint density at radius 1 is 0.900 bits per heavy atom. The second-order valence-electron chi connectivity index (χ2n) is 11.8. The molecule has 208 valence electrons. The van der Waals surface area contributed by atoms with Crippen molar-refractivity contribution < 1.29 is 27.2 Å². The number of halogens is 3. The number of alkyl halides is 3. The molecule has 8 rings (SSSR count). The highest BCUT2D eigenvalue weighted by atomic mass is 19.4. The first-order valence-electron chi connectivity index (χ1n) is 14.1. The molecule has 0 aliphatic heterocycles. The first-order valence-corrected chi connectivity index (χ1v) is 14.1. The predicted molar refractivity (Wildman–Crippen MR) is 144 cm³/mol. The first kappa shape index (κ1) is 25.6. The van der Waals surface area contributed by atoms with Crippen LogP contribution in [0.5, 0.6) is 5.75 Å². The monoisotopic (exact) mass is 548 g/mol. The molecular formula is C32H31F3N2O3. The summed E-state index contributed by atoms with van der Waals surface area (Å²) in [4.78, 5) is 4.35. The summed E-state index contributed by atoms with van der Waals surface area (Å²) in [5, 5.41) is 6.29. The minimum atomic E-state index is -4.48. The van der Waals surface area contributed by atoms with E-state index in [1.54, 1.807) is 12.3 Å². The molecule has 2 bridgehead atoms. The normalized spacial score (nSPS) is 24.5. The third kappa shape index (κ3) is 4.66. The number of benzene rings is 2. The number of fused-ring (bicyclic) bond motifs is 4. The lowest BCUT2D eigenvalue weighted by Crippen LogP contribution is -2.49. The van der Waals surface area contributed by atoms with Crippen LogP contribution in [-0.4, -0.2) is 22.3 Å². The van der Waals surface area contributed by atoms with Gasteiger partial charge in [-0.25, -0.2) is 0 Å². The highest BCUT2D eigenvalue weighted by Gasteiger charge is 2.50. The number of aromatic nitrogens is 2. The Kier molecular flexibility index (Phi) is 6.15. The van der Waals surface area contributed by atoms with Crippen LogP contribution in [0.3, 0.4) is 0 Å². The lowest BCUT2D eigenvalue weighted by atomic mass is 9.59. The average Bonchev–Trinajstić information content (AvgIpc) is 3.74. The second kappa shape index (κ2) is 9.61. The van der Waals surface area contributed by atoms with Crippen molar-refractivity contribution in [3.05, 3.63) is 77.8 Å². The molecule has 0 unspecified atom stereocenters. The Morgan fingerprint density at radius 2 is 1.62 bits per heavy atom. The predicted octanol–water partition coefficient (Wildman–Crippen LogP) is 8.47. The molecule has 5 nitrogen and oxygen atoms in total. The van der Waals surface area contributed by atoms with Crippen molar-refractivity contribution in [1.29, 1.82) is 0 Å². The molecule has 0 atom stereocenters. The molecule has 4 aliphatic rings. The third-order valence-corrected chi connectivity index (χ3v) is 9.28. The Morgan fingerprint density at radius 3 is 2.38 bits per heavy atom. The SMILES string of the molecule is FC(F)(F)c1ccccc1-c1noc(C2CC2)c1COC12CCC(COc3cncc4ccccc34)(CC1)CC2. The van der Waals surface area contributed by atoms with Crippen LogP contribution in [0.1, 0.15) is 74.2 Å². The van der Waals surface area contributed by atoms with E-state index in [2.05, 4.69) is 16.2 Å². The fourth-order valence-corrected chi connectivity index (χ4v) is 6.60. The van der Waals surface area contributed by atoms with Gasteiger partial charge in [-0.3, -0.25) is 4.98 Å². The summed E-state index contributed by atoms with van der Waals surface area (Å²) in [6, 6.07) is 13.7. The zero-order valence-electron chi connectivity index (χ0n) is 22.2. The van der Waals surface area contributed by atoms with Crippen molar-refractivity contribution in [3.8, 4) is 17.0 Å². The Hall–Kier alpha value is -3.39. The maximum atomic E-state index is 13.8. The molecule has 2 aromatic carbocycles. The molecule has 4 aliphatic carbocycles. The average molecular weight is 549 g/mol. The minimum Gasteiger partial charge on any atom is -0.491 e.